The molecule has 21 heavy (non-hydrogen) atoms. The molecule has 110 valence electrons. The molecule has 0 saturated carbocycles. The number of aryl methyl sites for hydroxylation is 1. The topological polar surface area (TPSA) is 15.3 Å². The van der Waals surface area contributed by atoms with Gasteiger partial charge >= 0.3 is 0 Å². The van der Waals surface area contributed by atoms with Crippen molar-refractivity contribution in [1.29, 1.82) is 0 Å². The first kappa shape index (κ1) is 14.3. The normalized spacial score (nSPS) is 19.6. The third kappa shape index (κ3) is 4.16. The zero-order valence-electron chi connectivity index (χ0n) is 12.8. The minimum absolute atomic E-state index is 0.560. The molecule has 1 N–H and O–H groups in total. The van der Waals surface area contributed by atoms with E-state index >= 15 is 0 Å². The van der Waals surface area contributed by atoms with Gasteiger partial charge in [0.25, 0.3) is 0 Å². The minimum atomic E-state index is 0.560. The highest BCUT2D eigenvalue weighted by Gasteiger charge is 2.19. The van der Waals surface area contributed by atoms with Crippen LogP contribution in [0.3, 0.4) is 0 Å². The molecule has 0 amide bonds. The van der Waals surface area contributed by atoms with Crippen LogP contribution in [0, 0.1) is 6.92 Å². The van der Waals surface area contributed by atoms with Crippen LogP contribution in [0.25, 0.3) is 0 Å². The zero-order chi connectivity index (χ0) is 14.5. The number of rotatable bonds is 4. The second kappa shape index (κ2) is 6.88. The SMILES string of the molecule is Cc1ccc(C[C@@H]2CN(Cc3ccccc3)CCN2)cc1. The Bertz CT molecular complexity index is 548. The summed E-state index contributed by atoms with van der Waals surface area (Å²) in [4.78, 5) is 2.56. The van der Waals surface area contributed by atoms with E-state index in [2.05, 4.69) is 71.7 Å². The fourth-order valence-corrected chi connectivity index (χ4v) is 3.02. The van der Waals surface area contributed by atoms with Crippen molar-refractivity contribution in [1.82, 2.24) is 10.2 Å². The second-order valence-electron chi connectivity index (χ2n) is 6.06. The Balaban J connectivity index is 1.57. The highest BCUT2D eigenvalue weighted by molar-refractivity contribution is 5.22. The third-order valence-electron chi connectivity index (χ3n) is 4.19. The maximum absolute atomic E-state index is 3.66. The highest BCUT2D eigenvalue weighted by Crippen LogP contribution is 2.11. The predicted molar refractivity (Wildman–Crippen MR) is 88.4 cm³/mol. The third-order valence-corrected chi connectivity index (χ3v) is 4.19. The van der Waals surface area contributed by atoms with Gasteiger partial charge in [0.15, 0.2) is 0 Å². The van der Waals surface area contributed by atoms with Crippen molar-refractivity contribution in [2.75, 3.05) is 19.6 Å². The van der Waals surface area contributed by atoms with E-state index in [1.807, 2.05) is 0 Å². The summed E-state index contributed by atoms with van der Waals surface area (Å²) in [6, 6.07) is 20.3. The van der Waals surface area contributed by atoms with E-state index in [4.69, 9.17) is 0 Å². The minimum Gasteiger partial charge on any atom is -0.311 e. The van der Waals surface area contributed by atoms with E-state index in [1.54, 1.807) is 0 Å². The molecule has 2 aromatic carbocycles. The molecule has 0 aliphatic carbocycles. The Kier molecular flexibility index (Phi) is 4.69. The van der Waals surface area contributed by atoms with Crippen molar-refractivity contribution in [3.05, 3.63) is 71.3 Å². The first-order valence-corrected chi connectivity index (χ1v) is 7.85. The van der Waals surface area contributed by atoms with Gasteiger partial charge in [0.1, 0.15) is 0 Å². The van der Waals surface area contributed by atoms with E-state index in [-0.39, 0.29) is 0 Å². The van der Waals surface area contributed by atoms with Crippen LogP contribution in [0.4, 0.5) is 0 Å². The van der Waals surface area contributed by atoms with Crippen LogP contribution in [-0.4, -0.2) is 30.6 Å². The van der Waals surface area contributed by atoms with Crippen molar-refractivity contribution in [3.63, 3.8) is 0 Å². The van der Waals surface area contributed by atoms with Gasteiger partial charge < -0.3 is 5.32 Å². The molecule has 2 nitrogen and oxygen atoms in total. The van der Waals surface area contributed by atoms with Crippen LogP contribution in [-0.2, 0) is 13.0 Å². The lowest BCUT2D eigenvalue weighted by atomic mass is 10.0. The predicted octanol–water partition coefficient (Wildman–Crippen LogP) is 3.01. The molecule has 0 radical (unpaired) electrons. The van der Waals surface area contributed by atoms with Gasteiger partial charge in [0.2, 0.25) is 0 Å². The fourth-order valence-electron chi connectivity index (χ4n) is 3.02. The molecule has 0 unspecified atom stereocenters. The quantitative estimate of drug-likeness (QED) is 0.926. The van der Waals surface area contributed by atoms with Crippen molar-refractivity contribution < 1.29 is 0 Å². The summed E-state index contributed by atoms with van der Waals surface area (Å²) in [6.07, 6.45) is 1.12. The van der Waals surface area contributed by atoms with Gasteiger partial charge in [-0.2, -0.15) is 0 Å². The van der Waals surface area contributed by atoms with Gasteiger partial charge in [-0.1, -0.05) is 60.2 Å². The largest absolute Gasteiger partial charge is 0.311 e. The first-order valence-electron chi connectivity index (χ1n) is 7.85. The average Bonchev–Trinajstić information content (AvgIpc) is 2.51. The van der Waals surface area contributed by atoms with Crippen LogP contribution in [0.1, 0.15) is 16.7 Å². The second-order valence-corrected chi connectivity index (χ2v) is 6.06. The molecular formula is C19H24N2. The summed E-state index contributed by atoms with van der Waals surface area (Å²) in [6.45, 7) is 6.56. The summed E-state index contributed by atoms with van der Waals surface area (Å²) in [5.41, 5.74) is 4.18. The Morgan fingerprint density at radius 1 is 1.00 bits per heavy atom. The highest BCUT2D eigenvalue weighted by atomic mass is 15.2. The standard InChI is InChI=1S/C19H24N2/c1-16-7-9-17(10-8-16)13-19-15-21(12-11-20-19)14-18-5-3-2-4-6-18/h2-10,19-20H,11-15H2,1H3/t19-/m1/s1. The number of hydrogen-bond acceptors (Lipinski definition) is 2. The molecule has 2 heteroatoms. The number of hydrogen-bond donors (Lipinski definition) is 1. The molecule has 2 aromatic rings. The molecule has 1 saturated heterocycles. The molecule has 1 aliphatic rings. The van der Waals surface area contributed by atoms with Gasteiger partial charge in [-0.25, -0.2) is 0 Å². The summed E-state index contributed by atoms with van der Waals surface area (Å²) < 4.78 is 0. The van der Waals surface area contributed by atoms with Crippen molar-refractivity contribution in [2.24, 2.45) is 0 Å². The lowest BCUT2D eigenvalue weighted by Gasteiger charge is -2.34. The number of nitrogens with one attached hydrogen (secondary N) is 1. The van der Waals surface area contributed by atoms with Crippen LogP contribution in [0.2, 0.25) is 0 Å². The zero-order valence-corrected chi connectivity index (χ0v) is 12.8. The Labute approximate surface area is 127 Å². The van der Waals surface area contributed by atoms with Crippen LogP contribution in [0.5, 0.6) is 0 Å². The van der Waals surface area contributed by atoms with Crippen LogP contribution in [0.15, 0.2) is 54.6 Å². The molecule has 1 aliphatic heterocycles. The molecule has 1 atom stereocenters. The molecule has 0 aromatic heterocycles. The Morgan fingerprint density at radius 3 is 2.52 bits per heavy atom. The summed E-state index contributed by atoms with van der Waals surface area (Å²) >= 11 is 0. The summed E-state index contributed by atoms with van der Waals surface area (Å²) in [5, 5.41) is 3.66. The average molecular weight is 280 g/mol. The summed E-state index contributed by atoms with van der Waals surface area (Å²) in [5.74, 6) is 0. The molecule has 1 heterocycles. The molecule has 3 rings (SSSR count). The molecule has 1 fully saturated rings. The molecule has 0 spiro atoms. The smallest absolute Gasteiger partial charge is 0.0236 e. The van der Waals surface area contributed by atoms with Crippen molar-refractivity contribution >= 4 is 0 Å². The van der Waals surface area contributed by atoms with Crippen LogP contribution < -0.4 is 5.32 Å². The summed E-state index contributed by atoms with van der Waals surface area (Å²) in [7, 11) is 0. The lowest BCUT2D eigenvalue weighted by Crippen LogP contribution is -2.51. The first-order chi connectivity index (χ1) is 10.3. The van der Waals surface area contributed by atoms with Gasteiger partial charge in [0.05, 0.1) is 0 Å². The maximum atomic E-state index is 3.66. The van der Waals surface area contributed by atoms with E-state index in [0.29, 0.717) is 6.04 Å². The lowest BCUT2D eigenvalue weighted by molar-refractivity contribution is 0.192. The number of piperazine rings is 1. The monoisotopic (exact) mass is 280 g/mol. The van der Waals surface area contributed by atoms with Crippen molar-refractivity contribution in [2.45, 2.75) is 25.9 Å². The number of benzene rings is 2. The van der Waals surface area contributed by atoms with E-state index in [1.165, 1.54) is 16.7 Å². The Hall–Kier alpha value is -1.64. The van der Waals surface area contributed by atoms with Gasteiger partial charge in [-0.15, -0.1) is 0 Å². The van der Waals surface area contributed by atoms with Gasteiger partial charge in [0, 0.05) is 32.2 Å². The number of nitrogens with zero attached hydrogens (tertiary/aromatic N) is 1. The van der Waals surface area contributed by atoms with Gasteiger partial charge in [-0.05, 0) is 24.5 Å². The fraction of sp³-hybridized carbons (Fsp3) is 0.368. The van der Waals surface area contributed by atoms with Crippen molar-refractivity contribution in [3.8, 4) is 0 Å². The Morgan fingerprint density at radius 2 is 1.76 bits per heavy atom. The maximum Gasteiger partial charge on any atom is 0.0236 e. The van der Waals surface area contributed by atoms with E-state index in [0.717, 1.165) is 32.6 Å². The van der Waals surface area contributed by atoms with Crippen LogP contribution >= 0.6 is 0 Å². The molecular weight excluding hydrogens is 256 g/mol. The van der Waals surface area contributed by atoms with Gasteiger partial charge in [-0.3, -0.25) is 4.90 Å². The van der Waals surface area contributed by atoms with E-state index < -0.39 is 0 Å². The van der Waals surface area contributed by atoms with E-state index in [9.17, 15) is 0 Å². The molecule has 0 bridgehead atoms.